The van der Waals surface area contributed by atoms with E-state index in [2.05, 4.69) is 15.8 Å². The first kappa shape index (κ1) is 22.1. The van der Waals surface area contributed by atoms with Crippen molar-refractivity contribution in [3.63, 3.8) is 0 Å². The van der Waals surface area contributed by atoms with Gasteiger partial charge in [-0.15, -0.1) is 0 Å². The number of rotatable bonds is 8. The number of nitrogens with zero attached hydrogens (tertiary/aromatic N) is 1. The van der Waals surface area contributed by atoms with Crippen LogP contribution in [0.1, 0.15) is 22.6 Å². The minimum absolute atomic E-state index is 0.227. The van der Waals surface area contributed by atoms with Crippen LogP contribution in [0.2, 0.25) is 0 Å². The molecule has 1 fully saturated rings. The Hall–Kier alpha value is -4.13. The van der Waals surface area contributed by atoms with Crippen LogP contribution in [0.3, 0.4) is 0 Å². The molecule has 4 rings (SSSR count). The first-order chi connectivity index (χ1) is 16.2. The number of benzene rings is 3. The summed E-state index contributed by atoms with van der Waals surface area (Å²) in [5.74, 6) is -0.623. The molecule has 2 atom stereocenters. The van der Waals surface area contributed by atoms with Gasteiger partial charge in [0.2, 0.25) is 5.91 Å². The van der Waals surface area contributed by atoms with Gasteiger partial charge in [0, 0.05) is 12.5 Å². The maximum Gasteiger partial charge on any atom is 0.253 e. The highest BCUT2D eigenvalue weighted by molar-refractivity contribution is 6.03. The third-order valence-electron chi connectivity index (χ3n) is 5.50. The molecule has 1 saturated heterocycles. The third-order valence-corrected chi connectivity index (χ3v) is 5.50. The van der Waals surface area contributed by atoms with E-state index in [4.69, 9.17) is 9.47 Å². The van der Waals surface area contributed by atoms with Gasteiger partial charge in [-0.3, -0.25) is 9.59 Å². The Morgan fingerprint density at radius 1 is 1.06 bits per heavy atom. The fourth-order valence-corrected chi connectivity index (χ4v) is 3.79. The van der Waals surface area contributed by atoms with Crippen molar-refractivity contribution < 1.29 is 19.1 Å². The van der Waals surface area contributed by atoms with Crippen molar-refractivity contribution in [2.45, 2.75) is 12.5 Å². The van der Waals surface area contributed by atoms with E-state index in [-0.39, 0.29) is 11.8 Å². The fourth-order valence-electron chi connectivity index (χ4n) is 3.79. The fraction of sp³-hybridized carbons (Fsp3) is 0.192. The number of carbonyl (C=O) groups is 2. The molecule has 1 aliphatic heterocycles. The predicted octanol–water partition coefficient (Wildman–Crippen LogP) is 3.25. The molecule has 3 aromatic rings. The van der Waals surface area contributed by atoms with Crippen LogP contribution in [-0.2, 0) is 16.2 Å². The van der Waals surface area contributed by atoms with Crippen molar-refractivity contribution in [2.24, 2.45) is 11.0 Å². The molecule has 0 unspecified atom stereocenters. The topological polar surface area (TPSA) is 89.0 Å². The second-order valence-corrected chi connectivity index (χ2v) is 7.66. The Kier molecular flexibility index (Phi) is 6.99. The van der Waals surface area contributed by atoms with E-state index < -0.39 is 11.8 Å². The highest BCUT2D eigenvalue weighted by atomic mass is 16.5. The maximum absolute atomic E-state index is 12.7. The van der Waals surface area contributed by atoms with Gasteiger partial charge < -0.3 is 14.8 Å². The Morgan fingerprint density at radius 2 is 1.79 bits per heavy atom. The molecule has 1 aliphatic rings. The summed E-state index contributed by atoms with van der Waals surface area (Å²) >= 11 is 0. The summed E-state index contributed by atoms with van der Waals surface area (Å²) < 4.78 is 11.3. The minimum atomic E-state index is -0.826. The van der Waals surface area contributed by atoms with Gasteiger partial charge in [0.25, 0.3) is 5.91 Å². The molecule has 2 N–H and O–H groups in total. The second kappa shape index (κ2) is 10.5. The normalized spacial score (nSPS) is 17.5. The van der Waals surface area contributed by atoms with Crippen LogP contribution in [0, 0.1) is 5.92 Å². The average molecular weight is 444 g/mol. The van der Waals surface area contributed by atoms with Crippen LogP contribution in [0.15, 0.2) is 84.0 Å². The number of nitrogens with one attached hydrogen (secondary N) is 2. The van der Waals surface area contributed by atoms with E-state index in [9.17, 15) is 9.59 Å². The van der Waals surface area contributed by atoms with E-state index >= 15 is 0 Å². The molecular weight excluding hydrogens is 418 g/mol. The number of amides is 2. The van der Waals surface area contributed by atoms with Crippen LogP contribution in [-0.4, -0.2) is 31.7 Å². The molecule has 168 valence electrons. The minimum Gasteiger partial charge on any atom is -0.493 e. The Bertz CT molecular complexity index is 1130. The van der Waals surface area contributed by atoms with Gasteiger partial charge in [0.05, 0.1) is 13.3 Å². The highest BCUT2D eigenvalue weighted by Gasteiger charge is 2.40. The van der Waals surface area contributed by atoms with Crippen molar-refractivity contribution in [3.8, 4) is 11.5 Å². The van der Waals surface area contributed by atoms with Gasteiger partial charge in [-0.2, -0.15) is 5.10 Å². The Balaban J connectivity index is 1.39. The Morgan fingerprint density at radius 3 is 2.52 bits per heavy atom. The zero-order valence-electron chi connectivity index (χ0n) is 18.2. The van der Waals surface area contributed by atoms with E-state index in [0.29, 0.717) is 24.7 Å². The van der Waals surface area contributed by atoms with Gasteiger partial charge in [0.1, 0.15) is 12.5 Å². The smallest absolute Gasteiger partial charge is 0.253 e. The second-order valence-electron chi connectivity index (χ2n) is 7.66. The molecule has 0 aliphatic carbocycles. The molecule has 0 aromatic heterocycles. The monoisotopic (exact) mass is 443 g/mol. The molecule has 1 heterocycles. The first-order valence-corrected chi connectivity index (χ1v) is 10.7. The van der Waals surface area contributed by atoms with E-state index in [1.54, 1.807) is 19.2 Å². The van der Waals surface area contributed by atoms with Crippen LogP contribution < -0.4 is 20.2 Å². The number of ether oxygens (including phenoxy) is 2. The molecule has 2 amide bonds. The number of hydrogen-bond acceptors (Lipinski definition) is 5. The van der Waals surface area contributed by atoms with Crippen molar-refractivity contribution in [1.29, 1.82) is 0 Å². The van der Waals surface area contributed by atoms with E-state index in [1.807, 2.05) is 66.7 Å². The number of hydrazone groups is 1. The maximum atomic E-state index is 12.7. The van der Waals surface area contributed by atoms with Crippen LogP contribution >= 0.6 is 0 Å². The summed E-state index contributed by atoms with van der Waals surface area (Å²) in [6.45, 7) is 0.846. The zero-order chi connectivity index (χ0) is 23.0. The van der Waals surface area contributed by atoms with E-state index in [1.165, 1.54) is 6.21 Å². The van der Waals surface area contributed by atoms with Gasteiger partial charge in [0.15, 0.2) is 11.5 Å². The summed E-state index contributed by atoms with van der Waals surface area (Å²) in [6, 6.07) is 24.8. The molecule has 3 aromatic carbocycles. The Labute approximate surface area is 192 Å². The summed E-state index contributed by atoms with van der Waals surface area (Å²) in [7, 11) is 1.57. The van der Waals surface area contributed by atoms with Crippen LogP contribution in [0.4, 0.5) is 0 Å². The molecular formula is C26H25N3O4. The SMILES string of the molecule is COc1cc(C=NNC(=O)[C@@H]2C(=O)NC[C@@H]2c2ccccc2)ccc1OCc1ccccc1. The molecule has 7 nitrogen and oxygen atoms in total. The van der Waals surface area contributed by atoms with Crippen LogP contribution in [0.25, 0.3) is 0 Å². The standard InChI is InChI=1S/C26H25N3O4/c1-32-23-14-19(12-13-22(23)33-17-18-8-4-2-5-9-18)15-28-29-26(31)24-21(16-27-25(24)30)20-10-6-3-7-11-20/h2-15,21,24H,16-17H2,1H3,(H,27,30)(H,29,31)/t21-,24+/m1/s1. The molecule has 0 radical (unpaired) electrons. The number of methoxy groups -OCH3 is 1. The molecule has 0 spiro atoms. The lowest BCUT2D eigenvalue weighted by Crippen LogP contribution is -2.34. The molecule has 0 saturated carbocycles. The summed E-state index contributed by atoms with van der Waals surface area (Å²) in [5, 5.41) is 6.82. The summed E-state index contributed by atoms with van der Waals surface area (Å²) in [4.78, 5) is 25.0. The average Bonchev–Trinajstić information content (AvgIpc) is 3.25. The largest absolute Gasteiger partial charge is 0.493 e. The quantitative estimate of drug-likeness (QED) is 0.318. The lowest BCUT2D eigenvalue weighted by atomic mass is 9.88. The van der Waals surface area contributed by atoms with Crippen LogP contribution in [0.5, 0.6) is 11.5 Å². The molecule has 33 heavy (non-hydrogen) atoms. The van der Waals surface area contributed by atoms with Gasteiger partial charge in [-0.1, -0.05) is 60.7 Å². The molecule has 0 bridgehead atoms. The third kappa shape index (κ3) is 5.38. The zero-order valence-corrected chi connectivity index (χ0v) is 18.2. The van der Waals surface area contributed by atoms with Crippen molar-refractivity contribution in [1.82, 2.24) is 10.7 Å². The van der Waals surface area contributed by atoms with Crippen molar-refractivity contribution in [2.75, 3.05) is 13.7 Å². The first-order valence-electron chi connectivity index (χ1n) is 10.7. The number of hydrogen-bond donors (Lipinski definition) is 2. The van der Waals surface area contributed by atoms with Crippen molar-refractivity contribution >= 4 is 18.0 Å². The number of carbonyl (C=O) groups excluding carboxylic acids is 2. The molecule has 7 heteroatoms. The van der Waals surface area contributed by atoms with Gasteiger partial charge in [-0.25, -0.2) is 5.43 Å². The van der Waals surface area contributed by atoms with Gasteiger partial charge >= 0.3 is 0 Å². The predicted molar refractivity (Wildman–Crippen MR) is 125 cm³/mol. The highest BCUT2D eigenvalue weighted by Crippen LogP contribution is 2.30. The lowest BCUT2D eigenvalue weighted by Gasteiger charge is -2.15. The van der Waals surface area contributed by atoms with Gasteiger partial charge in [-0.05, 0) is 34.9 Å². The lowest BCUT2D eigenvalue weighted by molar-refractivity contribution is -0.133. The summed E-state index contributed by atoms with van der Waals surface area (Å²) in [6.07, 6.45) is 1.51. The summed E-state index contributed by atoms with van der Waals surface area (Å²) in [5.41, 5.74) is 5.21. The van der Waals surface area contributed by atoms with E-state index in [0.717, 1.165) is 16.7 Å². The van der Waals surface area contributed by atoms with Crippen molar-refractivity contribution in [3.05, 3.63) is 95.6 Å².